The van der Waals surface area contributed by atoms with E-state index in [0.717, 1.165) is 55.3 Å². The van der Waals surface area contributed by atoms with Gasteiger partial charge >= 0.3 is 0 Å². The molecule has 1 fully saturated rings. The molecule has 2 unspecified atom stereocenters. The summed E-state index contributed by atoms with van der Waals surface area (Å²) >= 11 is 8.17. The van der Waals surface area contributed by atoms with Crippen molar-refractivity contribution in [2.45, 2.75) is 57.7 Å². The smallest absolute Gasteiger partial charge is 0.280 e. The molecule has 4 aliphatic rings. The lowest BCUT2D eigenvalue weighted by atomic mass is 9.70. The number of thiol groups is 1. The summed E-state index contributed by atoms with van der Waals surface area (Å²) in [5.74, 6) is 3.51. The monoisotopic (exact) mass is 590 g/mol. The molecule has 0 aromatic heterocycles. The van der Waals surface area contributed by atoms with Crippen molar-refractivity contribution >= 4 is 39.9 Å². The van der Waals surface area contributed by atoms with E-state index in [-0.39, 0.29) is 24.0 Å². The van der Waals surface area contributed by atoms with E-state index in [4.69, 9.17) is 21.1 Å². The summed E-state index contributed by atoms with van der Waals surface area (Å²) in [5, 5.41) is 0.755. The van der Waals surface area contributed by atoms with E-state index in [1.807, 2.05) is 18.2 Å². The van der Waals surface area contributed by atoms with Gasteiger partial charge in [0.1, 0.15) is 11.7 Å². The molecule has 0 radical (unpaired) electrons. The van der Waals surface area contributed by atoms with Gasteiger partial charge < -0.3 is 9.47 Å². The Balaban J connectivity index is 1.54. The zero-order valence-electron chi connectivity index (χ0n) is 22.8. The fourth-order valence-electron chi connectivity index (χ4n) is 6.08. The van der Waals surface area contributed by atoms with Crippen LogP contribution in [0.4, 0.5) is 0 Å². The molecule has 2 aliphatic heterocycles. The van der Waals surface area contributed by atoms with Crippen molar-refractivity contribution in [1.82, 2.24) is 4.90 Å². The summed E-state index contributed by atoms with van der Waals surface area (Å²) in [7, 11) is -0.168. The molecule has 1 aromatic carbocycles. The maximum atomic E-state index is 13.2. The number of benzene rings is 1. The van der Waals surface area contributed by atoms with Gasteiger partial charge in [0, 0.05) is 59.3 Å². The van der Waals surface area contributed by atoms with Crippen molar-refractivity contribution in [3.63, 3.8) is 0 Å². The van der Waals surface area contributed by atoms with Crippen molar-refractivity contribution in [1.29, 1.82) is 0 Å². The highest BCUT2D eigenvalue weighted by molar-refractivity contribution is 7.99. The number of thioether (sulfide) groups is 1. The largest absolute Gasteiger partial charge is 0.486 e. The lowest BCUT2D eigenvalue weighted by Gasteiger charge is -2.45. The van der Waals surface area contributed by atoms with Crippen molar-refractivity contribution < 1.29 is 18.5 Å². The first-order valence-corrected chi connectivity index (χ1v) is 16.9. The van der Waals surface area contributed by atoms with Gasteiger partial charge in [0.25, 0.3) is 5.91 Å². The predicted molar refractivity (Wildman–Crippen MR) is 160 cm³/mol. The quantitative estimate of drug-likeness (QED) is 0.329. The van der Waals surface area contributed by atoms with Crippen LogP contribution in [0.15, 0.2) is 58.2 Å². The molecule has 2 heterocycles. The molecule has 1 amide bonds. The van der Waals surface area contributed by atoms with Crippen molar-refractivity contribution in [3.8, 4) is 0 Å². The fraction of sp³-hybridized carbons (Fsp3) is 0.567. The number of amides is 1. The van der Waals surface area contributed by atoms with Crippen LogP contribution in [-0.4, -0.2) is 58.3 Å². The Morgan fingerprint density at radius 1 is 1.23 bits per heavy atom. The van der Waals surface area contributed by atoms with E-state index in [2.05, 4.69) is 40.5 Å². The second-order valence-corrected chi connectivity index (χ2v) is 13.9. The molecule has 5 rings (SSSR count). The van der Waals surface area contributed by atoms with E-state index < -0.39 is 10.6 Å². The van der Waals surface area contributed by atoms with Crippen LogP contribution in [0.5, 0.6) is 0 Å². The Bertz CT molecular complexity index is 1240. The van der Waals surface area contributed by atoms with Crippen molar-refractivity contribution in [2.24, 2.45) is 22.1 Å². The summed E-state index contributed by atoms with van der Waals surface area (Å²) in [6, 6.07) is 6.11. The van der Waals surface area contributed by atoms with Crippen LogP contribution in [0.25, 0.3) is 0 Å². The number of nitrogens with zero attached hydrogens (tertiary/aromatic N) is 2. The first-order chi connectivity index (χ1) is 18.9. The number of rotatable bonds is 1. The molecule has 6 atom stereocenters. The number of fused-ring (bicyclic) bond motifs is 3. The predicted octanol–water partition coefficient (Wildman–Crippen LogP) is 5.82. The summed E-state index contributed by atoms with van der Waals surface area (Å²) in [6.45, 7) is 3.68. The minimum atomic E-state index is -1.97. The van der Waals surface area contributed by atoms with E-state index in [1.54, 1.807) is 18.9 Å². The molecule has 212 valence electrons. The average Bonchev–Trinajstić information content (AvgIpc) is 2.92. The standard InChI is InChI=1S/C30H39ClN2O4S2/c1-20-4-3-5-28(36-2)26-10-7-24(26)17-33-16-23-6-9-25(31)14-21(23)12-13-38-19-37-29-11-8-22(15-27(29)33)30(34)32-39(35)18-20/h3,5-6,8-9,11,14,20,24,26-28,39H,4,7,10,12-13,15-19H2,1-2H3/b5-3+/t20-,24-,26+,27?,28-/m0/s1. The number of allylic oxidation sites excluding steroid dienone is 3. The highest BCUT2D eigenvalue weighted by Gasteiger charge is 2.40. The Kier molecular flexibility index (Phi) is 9.93. The van der Waals surface area contributed by atoms with E-state index >= 15 is 0 Å². The van der Waals surface area contributed by atoms with Crippen LogP contribution >= 0.6 is 23.4 Å². The third kappa shape index (κ3) is 7.20. The maximum Gasteiger partial charge on any atom is 0.280 e. The van der Waals surface area contributed by atoms with Gasteiger partial charge in [-0.3, -0.25) is 13.9 Å². The Labute approximate surface area is 243 Å². The van der Waals surface area contributed by atoms with E-state index in [0.29, 0.717) is 35.5 Å². The third-order valence-electron chi connectivity index (χ3n) is 8.45. The Hall–Kier alpha value is -1.58. The van der Waals surface area contributed by atoms with Gasteiger partial charge in [-0.2, -0.15) is 4.36 Å². The van der Waals surface area contributed by atoms with Gasteiger partial charge in [-0.25, -0.2) is 0 Å². The number of hydrogen-bond acceptors (Lipinski definition) is 6. The van der Waals surface area contributed by atoms with Crippen molar-refractivity contribution in [3.05, 3.63) is 70.0 Å². The first kappa shape index (κ1) is 28.9. The SMILES string of the molecule is CO[C@H]1/C=C/C[C@H](C)C/[SH](=O)=N\C(=O)C2=CC=C3OCSCCc4cc(Cl)ccc4CN(C[C@@H]4CC[C@H]41)C3C2. The Morgan fingerprint density at radius 2 is 2.10 bits per heavy atom. The van der Waals surface area contributed by atoms with Crippen LogP contribution in [0.2, 0.25) is 5.02 Å². The first-order valence-electron chi connectivity index (χ1n) is 13.9. The molecule has 0 N–H and O–H groups in total. The van der Waals surface area contributed by atoms with Crippen LogP contribution in [0.3, 0.4) is 0 Å². The van der Waals surface area contributed by atoms with Gasteiger partial charge in [0.05, 0.1) is 12.1 Å². The van der Waals surface area contributed by atoms with Gasteiger partial charge in [-0.1, -0.05) is 36.7 Å². The summed E-state index contributed by atoms with van der Waals surface area (Å²) in [4.78, 5) is 15.7. The highest BCUT2D eigenvalue weighted by Crippen LogP contribution is 2.41. The number of ether oxygens (including phenoxy) is 2. The third-order valence-corrected chi connectivity index (χ3v) is 10.8. The fourth-order valence-corrected chi connectivity index (χ4v) is 8.07. The minimum Gasteiger partial charge on any atom is -0.486 e. The number of methoxy groups -OCH3 is 1. The lowest BCUT2D eigenvalue weighted by Crippen LogP contribution is -2.47. The zero-order chi connectivity index (χ0) is 27.4. The maximum absolute atomic E-state index is 13.2. The molecular weight excluding hydrogens is 552 g/mol. The number of hydrogen-bond donors (Lipinski definition) is 1. The number of carbonyl (C=O) groups is 1. The number of carbonyl (C=O) groups excluding carboxylic acids is 1. The van der Waals surface area contributed by atoms with Crippen LogP contribution in [0, 0.1) is 17.8 Å². The highest BCUT2D eigenvalue weighted by atomic mass is 35.5. The molecule has 1 saturated carbocycles. The van der Waals surface area contributed by atoms with Gasteiger partial charge in [0.2, 0.25) is 0 Å². The molecule has 39 heavy (non-hydrogen) atoms. The van der Waals surface area contributed by atoms with Gasteiger partial charge in [0.15, 0.2) is 0 Å². The van der Waals surface area contributed by atoms with Crippen LogP contribution in [-0.2, 0) is 37.8 Å². The molecule has 1 aromatic rings. The van der Waals surface area contributed by atoms with Crippen molar-refractivity contribution in [2.75, 3.05) is 31.1 Å². The molecular formula is C30H39ClN2O4S2. The summed E-state index contributed by atoms with van der Waals surface area (Å²) < 4.78 is 29.2. The van der Waals surface area contributed by atoms with E-state index in [9.17, 15) is 9.00 Å². The van der Waals surface area contributed by atoms with Crippen LogP contribution in [0.1, 0.15) is 43.7 Å². The normalized spacial score (nSPS) is 33.9. The zero-order valence-corrected chi connectivity index (χ0v) is 25.2. The second-order valence-electron chi connectivity index (χ2n) is 11.2. The molecule has 0 spiro atoms. The van der Waals surface area contributed by atoms with E-state index in [1.165, 1.54) is 11.1 Å². The molecule has 9 heteroatoms. The minimum absolute atomic E-state index is 0.0587. The average molecular weight is 591 g/mol. The van der Waals surface area contributed by atoms with Crippen LogP contribution < -0.4 is 0 Å². The molecule has 2 aliphatic carbocycles. The molecule has 0 saturated heterocycles. The summed E-state index contributed by atoms with van der Waals surface area (Å²) in [6.07, 6.45) is 12.7. The lowest BCUT2D eigenvalue weighted by molar-refractivity contribution is -0.114. The van der Waals surface area contributed by atoms with Gasteiger partial charge in [-0.05, 0) is 78.8 Å². The number of halogens is 1. The number of aryl methyl sites for hydroxylation is 1. The second kappa shape index (κ2) is 13.4. The topological polar surface area (TPSA) is 68.2 Å². The molecule has 6 nitrogen and oxygen atoms in total. The molecule has 2 bridgehead atoms. The van der Waals surface area contributed by atoms with Gasteiger partial charge in [-0.15, -0.1) is 11.8 Å². The summed E-state index contributed by atoms with van der Waals surface area (Å²) in [5.41, 5.74) is 3.12. The Morgan fingerprint density at radius 3 is 2.90 bits per heavy atom.